The van der Waals surface area contributed by atoms with Gasteiger partial charge >= 0.3 is 6.03 Å². The SMILES string of the molecule is CC(C)NC(=O)NC1CCN(CC#N)CC1. The lowest BCUT2D eigenvalue weighted by Crippen LogP contribution is -2.49. The van der Waals surface area contributed by atoms with Crippen LogP contribution in [0.15, 0.2) is 0 Å². The normalized spacial score (nSPS) is 18.1. The quantitative estimate of drug-likeness (QED) is 0.693. The van der Waals surface area contributed by atoms with Crippen LogP contribution >= 0.6 is 0 Å². The number of likely N-dealkylation sites (tertiary alicyclic amines) is 1. The fourth-order valence-electron chi connectivity index (χ4n) is 1.82. The predicted octanol–water partition coefficient (Wildman–Crippen LogP) is 0.682. The van der Waals surface area contributed by atoms with Crippen LogP contribution in [0.25, 0.3) is 0 Å². The van der Waals surface area contributed by atoms with Crippen molar-refractivity contribution < 1.29 is 4.79 Å². The summed E-state index contributed by atoms with van der Waals surface area (Å²) in [4.78, 5) is 13.6. The van der Waals surface area contributed by atoms with Crippen LogP contribution in [-0.2, 0) is 0 Å². The summed E-state index contributed by atoms with van der Waals surface area (Å²) in [6.45, 7) is 6.15. The molecule has 1 aliphatic rings. The minimum absolute atomic E-state index is 0.0891. The first-order valence-electron chi connectivity index (χ1n) is 5.78. The second-order valence-electron chi connectivity index (χ2n) is 4.48. The van der Waals surface area contributed by atoms with Crippen molar-refractivity contribution in [1.29, 1.82) is 5.26 Å². The van der Waals surface area contributed by atoms with Gasteiger partial charge in [0.2, 0.25) is 0 Å². The number of piperidine rings is 1. The van der Waals surface area contributed by atoms with Crippen LogP contribution in [0.3, 0.4) is 0 Å². The van der Waals surface area contributed by atoms with E-state index in [0.717, 1.165) is 25.9 Å². The van der Waals surface area contributed by atoms with Gasteiger partial charge in [0.05, 0.1) is 12.6 Å². The van der Waals surface area contributed by atoms with E-state index in [1.54, 1.807) is 0 Å². The van der Waals surface area contributed by atoms with E-state index in [0.29, 0.717) is 6.54 Å². The topological polar surface area (TPSA) is 68.2 Å². The molecule has 0 aromatic rings. The number of hydrogen-bond acceptors (Lipinski definition) is 3. The van der Waals surface area contributed by atoms with Crippen molar-refractivity contribution >= 4 is 6.03 Å². The molecule has 0 bridgehead atoms. The van der Waals surface area contributed by atoms with Gasteiger partial charge in [-0.2, -0.15) is 5.26 Å². The number of nitriles is 1. The number of hydrogen-bond donors (Lipinski definition) is 2. The average molecular weight is 224 g/mol. The Bertz CT molecular complexity index is 264. The Kier molecular flexibility index (Phi) is 5.06. The molecule has 1 aliphatic heterocycles. The molecule has 1 heterocycles. The minimum atomic E-state index is -0.0891. The molecule has 0 aromatic carbocycles. The molecule has 5 nitrogen and oxygen atoms in total. The Morgan fingerprint density at radius 3 is 2.62 bits per heavy atom. The van der Waals surface area contributed by atoms with Gasteiger partial charge in [0, 0.05) is 25.2 Å². The lowest BCUT2D eigenvalue weighted by atomic mass is 10.1. The van der Waals surface area contributed by atoms with Gasteiger partial charge < -0.3 is 10.6 Å². The van der Waals surface area contributed by atoms with E-state index < -0.39 is 0 Å². The monoisotopic (exact) mass is 224 g/mol. The van der Waals surface area contributed by atoms with Crippen LogP contribution in [0.5, 0.6) is 0 Å². The van der Waals surface area contributed by atoms with E-state index in [1.807, 2.05) is 13.8 Å². The van der Waals surface area contributed by atoms with Gasteiger partial charge in [-0.05, 0) is 26.7 Å². The third kappa shape index (κ3) is 4.49. The van der Waals surface area contributed by atoms with E-state index in [-0.39, 0.29) is 18.1 Å². The molecule has 0 radical (unpaired) electrons. The molecule has 90 valence electrons. The van der Waals surface area contributed by atoms with E-state index in [1.165, 1.54) is 0 Å². The zero-order valence-corrected chi connectivity index (χ0v) is 9.99. The maximum Gasteiger partial charge on any atom is 0.315 e. The molecule has 0 unspecified atom stereocenters. The largest absolute Gasteiger partial charge is 0.336 e. The first kappa shape index (κ1) is 12.8. The number of rotatable bonds is 3. The summed E-state index contributed by atoms with van der Waals surface area (Å²) in [6, 6.07) is 2.47. The Morgan fingerprint density at radius 2 is 2.12 bits per heavy atom. The second kappa shape index (κ2) is 6.33. The fraction of sp³-hybridized carbons (Fsp3) is 0.818. The fourth-order valence-corrected chi connectivity index (χ4v) is 1.82. The number of nitrogens with one attached hydrogen (secondary N) is 2. The molecule has 1 rings (SSSR count). The number of urea groups is 1. The Hall–Kier alpha value is -1.28. The maximum atomic E-state index is 11.4. The van der Waals surface area contributed by atoms with Crippen LogP contribution in [-0.4, -0.2) is 42.6 Å². The molecule has 0 atom stereocenters. The molecule has 0 saturated carbocycles. The van der Waals surface area contributed by atoms with Crippen LogP contribution in [0, 0.1) is 11.3 Å². The van der Waals surface area contributed by atoms with Crippen LogP contribution < -0.4 is 10.6 Å². The van der Waals surface area contributed by atoms with Crippen molar-refractivity contribution in [2.75, 3.05) is 19.6 Å². The van der Waals surface area contributed by atoms with Crippen molar-refractivity contribution in [2.45, 2.75) is 38.8 Å². The van der Waals surface area contributed by atoms with Crippen LogP contribution in [0.4, 0.5) is 4.79 Å². The molecule has 1 fully saturated rings. The van der Waals surface area contributed by atoms with Crippen LogP contribution in [0.1, 0.15) is 26.7 Å². The van der Waals surface area contributed by atoms with Gasteiger partial charge in [0.25, 0.3) is 0 Å². The summed E-state index contributed by atoms with van der Waals surface area (Å²) in [7, 11) is 0. The summed E-state index contributed by atoms with van der Waals surface area (Å²) in [6.07, 6.45) is 1.85. The minimum Gasteiger partial charge on any atom is -0.336 e. The standard InChI is InChI=1S/C11H20N4O/c1-9(2)13-11(16)14-10-3-6-15(7-4-10)8-5-12/h9-10H,3-4,6-8H2,1-2H3,(H2,13,14,16). The lowest BCUT2D eigenvalue weighted by Gasteiger charge is -2.30. The van der Waals surface area contributed by atoms with Crippen molar-refractivity contribution in [3.63, 3.8) is 0 Å². The highest BCUT2D eigenvalue weighted by molar-refractivity contribution is 5.74. The Balaban J connectivity index is 2.22. The lowest BCUT2D eigenvalue weighted by molar-refractivity contribution is 0.204. The predicted molar refractivity (Wildman–Crippen MR) is 61.9 cm³/mol. The summed E-state index contributed by atoms with van der Waals surface area (Å²) >= 11 is 0. The number of nitrogens with zero attached hydrogens (tertiary/aromatic N) is 2. The molecule has 5 heteroatoms. The summed E-state index contributed by atoms with van der Waals surface area (Å²) < 4.78 is 0. The van der Waals surface area contributed by atoms with Crippen molar-refractivity contribution in [1.82, 2.24) is 15.5 Å². The molecular weight excluding hydrogens is 204 g/mol. The average Bonchev–Trinajstić information content (AvgIpc) is 2.20. The zero-order chi connectivity index (χ0) is 12.0. The van der Waals surface area contributed by atoms with Gasteiger partial charge in [0.15, 0.2) is 0 Å². The first-order valence-corrected chi connectivity index (χ1v) is 5.78. The number of carbonyl (C=O) groups excluding carboxylic acids is 1. The smallest absolute Gasteiger partial charge is 0.315 e. The van der Waals surface area contributed by atoms with Gasteiger partial charge in [-0.25, -0.2) is 4.79 Å². The summed E-state index contributed by atoms with van der Waals surface area (Å²) in [5.74, 6) is 0. The van der Waals surface area contributed by atoms with Gasteiger partial charge in [-0.1, -0.05) is 0 Å². The van der Waals surface area contributed by atoms with Gasteiger partial charge in [-0.3, -0.25) is 4.90 Å². The molecule has 2 N–H and O–H groups in total. The second-order valence-corrected chi connectivity index (χ2v) is 4.48. The van der Waals surface area contributed by atoms with E-state index in [9.17, 15) is 4.79 Å². The van der Waals surface area contributed by atoms with Crippen molar-refractivity contribution in [2.24, 2.45) is 0 Å². The van der Waals surface area contributed by atoms with E-state index >= 15 is 0 Å². The number of carbonyl (C=O) groups is 1. The molecule has 16 heavy (non-hydrogen) atoms. The van der Waals surface area contributed by atoms with Crippen molar-refractivity contribution in [3.8, 4) is 6.07 Å². The summed E-state index contributed by atoms with van der Waals surface area (Å²) in [5.41, 5.74) is 0. The van der Waals surface area contributed by atoms with Crippen LogP contribution in [0.2, 0.25) is 0 Å². The third-order valence-corrected chi connectivity index (χ3v) is 2.64. The van der Waals surface area contributed by atoms with E-state index in [2.05, 4.69) is 21.6 Å². The molecule has 0 aliphatic carbocycles. The Morgan fingerprint density at radius 1 is 1.50 bits per heavy atom. The highest BCUT2D eigenvalue weighted by Gasteiger charge is 2.20. The summed E-state index contributed by atoms with van der Waals surface area (Å²) in [5, 5.41) is 14.3. The Labute approximate surface area is 96.8 Å². The molecule has 1 saturated heterocycles. The van der Waals surface area contributed by atoms with Gasteiger partial charge in [-0.15, -0.1) is 0 Å². The molecular formula is C11H20N4O. The molecule has 0 spiro atoms. The number of amides is 2. The highest BCUT2D eigenvalue weighted by Crippen LogP contribution is 2.09. The first-order chi connectivity index (χ1) is 7.61. The third-order valence-electron chi connectivity index (χ3n) is 2.64. The molecule has 2 amide bonds. The van der Waals surface area contributed by atoms with Gasteiger partial charge in [0.1, 0.15) is 0 Å². The zero-order valence-electron chi connectivity index (χ0n) is 9.99. The van der Waals surface area contributed by atoms with E-state index in [4.69, 9.17) is 5.26 Å². The van der Waals surface area contributed by atoms with Crippen molar-refractivity contribution in [3.05, 3.63) is 0 Å². The highest BCUT2D eigenvalue weighted by atomic mass is 16.2. The maximum absolute atomic E-state index is 11.4. The molecule has 0 aromatic heterocycles.